The second kappa shape index (κ2) is 5.15. The zero-order valence-corrected chi connectivity index (χ0v) is 12.3. The smallest absolute Gasteiger partial charge is 0.151 e. The summed E-state index contributed by atoms with van der Waals surface area (Å²) >= 11 is 0. The van der Waals surface area contributed by atoms with Crippen LogP contribution < -0.4 is 4.90 Å². The van der Waals surface area contributed by atoms with Crippen molar-refractivity contribution in [2.45, 2.75) is 31.3 Å². The average molecular weight is 284 g/mol. The molecule has 0 spiro atoms. The van der Waals surface area contributed by atoms with E-state index in [-0.39, 0.29) is 0 Å². The van der Waals surface area contributed by atoms with Crippen LogP contribution in [0.2, 0.25) is 0 Å². The summed E-state index contributed by atoms with van der Waals surface area (Å²) in [5.74, 6) is 0.993. The maximum atomic E-state index is 5.09. The molecule has 0 aliphatic carbocycles. The quantitative estimate of drug-likeness (QED) is 0.847. The largest absolute Gasteiger partial charge is 0.472 e. The Hall–Kier alpha value is -1.88. The third-order valence-corrected chi connectivity index (χ3v) is 4.88. The number of fused-ring (bicyclic) bond motifs is 2. The predicted octanol–water partition coefficient (Wildman–Crippen LogP) is 2.41. The molecule has 2 aliphatic rings. The zero-order valence-electron chi connectivity index (χ0n) is 12.3. The summed E-state index contributed by atoms with van der Waals surface area (Å²) in [6.07, 6.45) is 7.31. The van der Waals surface area contributed by atoms with Gasteiger partial charge in [-0.25, -0.2) is 0 Å². The lowest BCUT2D eigenvalue weighted by atomic mass is 9.92. The number of hydrogen-bond acceptors (Lipinski definition) is 5. The lowest BCUT2D eigenvalue weighted by Gasteiger charge is -2.48. The summed E-state index contributed by atoms with van der Waals surface area (Å²) in [5.41, 5.74) is 1.84. The number of nitrogens with zero attached hydrogens (tertiary/aromatic N) is 4. The number of rotatable bonds is 2. The first kappa shape index (κ1) is 12.8. The normalized spacial score (nSPS) is 26.0. The lowest BCUT2D eigenvalue weighted by Crippen LogP contribution is -2.59. The fourth-order valence-electron chi connectivity index (χ4n) is 3.56. The van der Waals surface area contributed by atoms with Crippen molar-refractivity contribution < 1.29 is 4.42 Å². The molecule has 5 nitrogen and oxygen atoms in total. The Balaban J connectivity index is 1.54. The van der Waals surface area contributed by atoms with E-state index in [0.29, 0.717) is 12.1 Å². The second-order valence-electron chi connectivity index (χ2n) is 6.10. The highest BCUT2D eigenvalue weighted by Crippen LogP contribution is 2.29. The molecule has 2 unspecified atom stereocenters. The average Bonchev–Trinajstić information content (AvgIpc) is 3.01. The monoisotopic (exact) mass is 284 g/mol. The molecule has 110 valence electrons. The molecule has 4 heterocycles. The molecule has 0 N–H and O–H groups in total. The number of likely N-dealkylation sites (N-methyl/N-ethyl adjacent to an activating group) is 1. The van der Waals surface area contributed by atoms with Gasteiger partial charge in [-0.3, -0.25) is 4.90 Å². The van der Waals surface area contributed by atoms with E-state index in [4.69, 9.17) is 4.42 Å². The van der Waals surface area contributed by atoms with Crippen LogP contribution in [0.15, 0.2) is 35.1 Å². The summed E-state index contributed by atoms with van der Waals surface area (Å²) in [7, 11) is 2.26. The minimum atomic E-state index is 0.660. The number of hydrogen-bond donors (Lipinski definition) is 0. The molecule has 0 amide bonds. The predicted molar refractivity (Wildman–Crippen MR) is 81.1 cm³/mol. The van der Waals surface area contributed by atoms with Crippen LogP contribution in [-0.4, -0.2) is 47.3 Å². The Bertz CT molecular complexity index is 581. The molecule has 2 aliphatic heterocycles. The third kappa shape index (κ3) is 2.31. The number of anilines is 1. The van der Waals surface area contributed by atoms with Crippen molar-refractivity contribution in [2.24, 2.45) is 0 Å². The summed E-state index contributed by atoms with van der Waals surface area (Å²) in [4.78, 5) is 4.94. The highest BCUT2D eigenvalue weighted by molar-refractivity contribution is 5.58. The van der Waals surface area contributed by atoms with Gasteiger partial charge in [-0.2, -0.15) is 0 Å². The van der Waals surface area contributed by atoms with E-state index in [1.165, 1.54) is 19.3 Å². The van der Waals surface area contributed by atoms with E-state index < -0.39 is 0 Å². The van der Waals surface area contributed by atoms with Crippen molar-refractivity contribution in [3.05, 3.63) is 30.7 Å². The Morgan fingerprint density at radius 2 is 1.90 bits per heavy atom. The van der Waals surface area contributed by atoms with Crippen LogP contribution in [0.4, 0.5) is 5.82 Å². The van der Waals surface area contributed by atoms with Crippen LogP contribution in [-0.2, 0) is 0 Å². The first-order valence-corrected chi connectivity index (χ1v) is 7.64. The van der Waals surface area contributed by atoms with Crippen LogP contribution >= 0.6 is 0 Å². The van der Waals surface area contributed by atoms with Crippen molar-refractivity contribution in [2.75, 3.05) is 25.0 Å². The van der Waals surface area contributed by atoms with Crippen molar-refractivity contribution in [1.82, 2.24) is 15.1 Å². The molecule has 2 bridgehead atoms. The molecule has 5 heteroatoms. The first-order valence-electron chi connectivity index (χ1n) is 7.64. The van der Waals surface area contributed by atoms with E-state index >= 15 is 0 Å². The second-order valence-corrected chi connectivity index (χ2v) is 6.10. The maximum Gasteiger partial charge on any atom is 0.151 e. The lowest BCUT2D eigenvalue weighted by molar-refractivity contribution is 0.0946. The molecular formula is C16H20N4O. The van der Waals surface area contributed by atoms with Gasteiger partial charge >= 0.3 is 0 Å². The Kier molecular flexibility index (Phi) is 3.15. The van der Waals surface area contributed by atoms with E-state index in [9.17, 15) is 0 Å². The van der Waals surface area contributed by atoms with Gasteiger partial charge in [0.25, 0.3) is 0 Å². The van der Waals surface area contributed by atoms with Crippen LogP contribution in [0.3, 0.4) is 0 Å². The molecule has 0 aromatic carbocycles. The SMILES string of the molecule is CN1C2CCCC1CN(c1ccc(-c3ccoc3)nn1)C2. The van der Waals surface area contributed by atoms with Gasteiger partial charge in [0.05, 0.1) is 18.2 Å². The third-order valence-electron chi connectivity index (χ3n) is 4.88. The Morgan fingerprint density at radius 3 is 2.52 bits per heavy atom. The highest BCUT2D eigenvalue weighted by Gasteiger charge is 2.35. The fourth-order valence-corrected chi connectivity index (χ4v) is 3.56. The molecule has 0 saturated carbocycles. The van der Waals surface area contributed by atoms with E-state index in [0.717, 1.165) is 30.2 Å². The molecule has 2 aromatic rings. The molecule has 4 rings (SSSR count). The van der Waals surface area contributed by atoms with Gasteiger partial charge in [0.1, 0.15) is 0 Å². The van der Waals surface area contributed by atoms with E-state index in [1.807, 2.05) is 12.1 Å². The van der Waals surface area contributed by atoms with Crippen LogP contribution in [0.5, 0.6) is 0 Å². The zero-order chi connectivity index (χ0) is 14.2. The molecule has 2 fully saturated rings. The minimum Gasteiger partial charge on any atom is -0.472 e. The standard InChI is InChI=1S/C16H20N4O/c1-19-13-3-2-4-14(19)10-20(9-13)16-6-5-15(17-18-16)12-7-8-21-11-12/h5-8,11,13-14H,2-4,9-10H2,1H3. The van der Waals surface area contributed by atoms with Gasteiger partial charge < -0.3 is 9.32 Å². The van der Waals surface area contributed by atoms with Crippen molar-refractivity contribution in [1.29, 1.82) is 0 Å². The van der Waals surface area contributed by atoms with Crippen molar-refractivity contribution in [3.63, 3.8) is 0 Å². The summed E-state index contributed by atoms with van der Waals surface area (Å²) in [6.45, 7) is 2.12. The van der Waals surface area contributed by atoms with Gasteiger partial charge in [0.2, 0.25) is 0 Å². The molecule has 0 radical (unpaired) electrons. The Labute approximate surface area is 124 Å². The summed E-state index contributed by atoms with van der Waals surface area (Å²) < 4.78 is 5.09. The maximum absolute atomic E-state index is 5.09. The van der Waals surface area contributed by atoms with Crippen LogP contribution in [0.1, 0.15) is 19.3 Å². The van der Waals surface area contributed by atoms with E-state index in [1.54, 1.807) is 12.5 Å². The number of furan rings is 1. The molecule has 2 aromatic heterocycles. The fraction of sp³-hybridized carbons (Fsp3) is 0.500. The molecule has 21 heavy (non-hydrogen) atoms. The van der Waals surface area contributed by atoms with Crippen LogP contribution in [0.25, 0.3) is 11.3 Å². The van der Waals surface area contributed by atoms with Gasteiger partial charge in [-0.1, -0.05) is 6.42 Å². The summed E-state index contributed by atoms with van der Waals surface area (Å²) in [5, 5.41) is 8.77. The number of piperazine rings is 1. The number of aromatic nitrogens is 2. The molecular weight excluding hydrogens is 264 g/mol. The van der Waals surface area contributed by atoms with Gasteiger partial charge in [-0.15, -0.1) is 10.2 Å². The highest BCUT2D eigenvalue weighted by atomic mass is 16.3. The number of piperidine rings is 1. The van der Waals surface area contributed by atoms with Gasteiger partial charge in [0, 0.05) is 30.7 Å². The van der Waals surface area contributed by atoms with Gasteiger partial charge in [0.15, 0.2) is 5.82 Å². The van der Waals surface area contributed by atoms with Crippen molar-refractivity contribution in [3.8, 4) is 11.3 Å². The molecule has 2 saturated heterocycles. The van der Waals surface area contributed by atoms with Crippen LogP contribution in [0, 0.1) is 0 Å². The van der Waals surface area contributed by atoms with E-state index in [2.05, 4.69) is 33.1 Å². The minimum absolute atomic E-state index is 0.660. The van der Waals surface area contributed by atoms with Crippen molar-refractivity contribution >= 4 is 5.82 Å². The summed E-state index contributed by atoms with van der Waals surface area (Å²) in [6, 6.07) is 7.34. The Morgan fingerprint density at radius 1 is 1.10 bits per heavy atom. The molecule has 2 atom stereocenters. The first-order chi connectivity index (χ1) is 10.3. The topological polar surface area (TPSA) is 45.4 Å². The van der Waals surface area contributed by atoms with Gasteiger partial charge in [-0.05, 0) is 38.1 Å².